The lowest BCUT2D eigenvalue weighted by atomic mass is 10.3. The van der Waals surface area contributed by atoms with Gasteiger partial charge in [0.05, 0.1) is 9.79 Å². The highest BCUT2D eigenvalue weighted by atomic mass is 33.1. The number of rotatable bonds is 7. The molecule has 0 atom stereocenters. The van der Waals surface area contributed by atoms with Crippen LogP contribution in [0.25, 0.3) is 0 Å². The lowest BCUT2D eigenvalue weighted by molar-refractivity contribution is 0.592. The van der Waals surface area contributed by atoms with Crippen LogP contribution in [0.3, 0.4) is 0 Å². The summed E-state index contributed by atoms with van der Waals surface area (Å²) in [5.74, 6) is 0. The normalized spacial score (nSPS) is 12.2. The first-order valence-corrected chi connectivity index (χ1v) is 11.4. The standard InChI is InChI=1S/C12H14N4O4S4/c13-9-1-5-11(6-2-9)23(17,18)15-21-22-16-24(19,20)12-7-3-10(14)4-8-12/h1-8,15-16H,13-14H2. The van der Waals surface area contributed by atoms with E-state index in [1.807, 2.05) is 0 Å². The molecule has 6 N–H and O–H groups in total. The van der Waals surface area contributed by atoms with Gasteiger partial charge >= 0.3 is 0 Å². The van der Waals surface area contributed by atoms with Gasteiger partial charge in [0.15, 0.2) is 0 Å². The van der Waals surface area contributed by atoms with E-state index in [9.17, 15) is 16.8 Å². The number of benzene rings is 2. The van der Waals surface area contributed by atoms with Crippen LogP contribution in [0.15, 0.2) is 58.3 Å². The van der Waals surface area contributed by atoms with Crippen molar-refractivity contribution < 1.29 is 16.8 Å². The summed E-state index contributed by atoms with van der Waals surface area (Å²) < 4.78 is 52.4. The van der Waals surface area contributed by atoms with E-state index in [1.54, 1.807) is 0 Å². The Hall–Kier alpha value is -1.44. The molecule has 0 spiro atoms. The number of hydrogen-bond donors (Lipinski definition) is 4. The topological polar surface area (TPSA) is 144 Å². The molecule has 0 amide bonds. The lowest BCUT2D eigenvalue weighted by Crippen LogP contribution is -2.19. The fourth-order valence-corrected chi connectivity index (χ4v) is 6.49. The van der Waals surface area contributed by atoms with E-state index < -0.39 is 20.0 Å². The highest BCUT2D eigenvalue weighted by molar-refractivity contribution is 8.77. The van der Waals surface area contributed by atoms with E-state index in [0.29, 0.717) is 33.3 Å². The average Bonchev–Trinajstić information content (AvgIpc) is 2.52. The van der Waals surface area contributed by atoms with Crippen LogP contribution >= 0.6 is 22.0 Å². The summed E-state index contributed by atoms with van der Waals surface area (Å²) >= 11 is 0. The molecule has 2 rings (SSSR count). The molecule has 8 nitrogen and oxygen atoms in total. The predicted molar refractivity (Wildman–Crippen MR) is 97.5 cm³/mol. The maximum absolute atomic E-state index is 12.0. The fraction of sp³-hybridized carbons (Fsp3) is 0. The largest absolute Gasteiger partial charge is 0.399 e. The van der Waals surface area contributed by atoms with Crippen molar-refractivity contribution in [3.05, 3.63) is 48.5 Å². The monoisotopic (exact) mass is 406 g/mol. The van der Waals surface area contributed by atoms with Gasteiger partial charge in [0, 0.05) is 33.3 Å². The molecule has 12 heteroatoms. The Morgan fingerprint density at radius 3 is 1.21 bits per heavy atom. The highest BCUT2D eigenvalue weighted by Crippen LogP contribution is 2.22. The smallest absolute Gasteiger partial charge is 0.250 e. The predicted octanol–water partition coefficient (Wildman–Crippen LogP) is 1.32. The van der Waals surface area contributed by atoms with E-state index in [4.69, 9.17) is 11.5 Å². The first kappa shape index (κ1) is 18.9. The summed E-state index contributed by atoms with van der Waals surface area (Å²) in [4.78, 5) is 0.0392. The summed E-state index contributed by atoms with van der Waals surface area (Å²) in [6.45, 7) is 0. The Morgan fingerprint density at radius 2 is 0.917 bits per heavy atom. The summed E-state index contributed by atoms with van der Waals surface area (Å²) in [6.07, 6.45) is 0. The van der Waals surface area contributed by atoms with Crippen molar-refractivity contribution in [2.45, 2.75) is 9.79 Å². The molecule has 2 aromatic rings. The van der Waals surface area contributed by atoms with Gasteiger partial charge in [-0.15, -0.1) is 8.25 Å². The molecular weight excluding hydrogens is 392 g/mol. The minimum Gasteiger partial charge on any atom is -0.399 e. The first-order valence-electron chi connectivity index (χ1n) is 6.28. The van der Waals surface area contributed by atoms with Gasteiger partial charge in [-0.25, -0.2) is 16.8 Å². The van der Waals surface area contributed by atoms with Crippen LogP contribution in [0.5, 0.6) is 0 Å². The van der Waals surface area contributed by atoms with Crippen LogP contribution in [0.4, 0.5) is 11.4 Å². The zero-order valence-corrected chi connectivity index (χ0v) is 15.3. The second-order valence-electron chi connectivity index (χ2n) is 4.48. The van der Waals surface area contributed by atoms with Gasteiger partial charge in [-0.3, -0.25) is 0 Å². The minimum absolute atomic E-state index is 0.0196. The number of nitrogens with two attached hydrogens (primary N) is 2. The molecule has 130 valence electrons. The quantitative estimate of drug-likeness (QED) is 0.233. The van der Waals surface area contributed by atoms with Crippen LogP contribution in [0, 0.1) is 0 Å². The molecule has 0 heterocycles. The van der Waals surface area contributed by atoms with Crippen LogP contribution in [-0.4, -0.2) is 16.8 Å². The van der Waals surface area contributed by atoms with Crippen molar-refractivity contribution in [2.75, 3.05) is 11.5 Å². The summed E-state index contributed by atoms with van der Waals surface area (Å²) in [5.41, 5.74) is 11.9. The Kier molecular flexibility index (Phi) is 6.01. The van der Waals surface area contributed by atoms with E-state index in [-0.39, 0.29) is 9.79 Å². The Morgan fingerprint density at radius 1 is 0.625 bits per heavy atom. The second-order valence-corrected chi connectivity index (χ2v) is 10.1. The third-order valence-electron chi connectivity index (χ3n) is 2.71. The van der Waals surface area contributed by atoms with Crippen molar-refractivity contribution in [3.63, 3.8) is 0 Å². The zero-order valence-electron chi connectivity index (χ0n) is 12.0. The van der Waals surface area contributed by atoms with Crippen LogP contribution in [-0.2, 0) is 20.0 Å². The van der Waals surface area contributed by atoms with Crippen LogP contribution in [0.2, 0.25) is 0 Å². The number of nitrogens with one attached hydrogen (secondary N) is 2. The highest BCUT2D eigenvalue weighted by Gasteiger charge is 2.17. The first-order chi connectivity index (χ1) is 11.2. The van der Waals surface area contributed by atoms with E-state index in [1.165, 1.54) is 48.5 Å². The fourth-order valence-electron chi connectivity index (χ4n) is 1.51. The zero-order chi connectivity index (χ0) is 17.8. The van der Waals surface area contributed by atoms with E-state index >= 15 is 0 Å². The average molecular weight is 407 g/mol. The Balaban J connectivity index is 1.92. The third kappa shape index (κ3) is 5.03. The molecule has 0 saturated heterocycles. The van der Waals surface area contributed by atoms with Crippen molar-refractivity contribution in [2.24, 2.45) is 0 Å². The molecule has 0 saturated carbocycles. The van der Waals surface area contributed by atoms with Gasteiger partial charge in [-0.1, -0.05) is 0 Å². The van der Waals surface area contributed by atoms with Gasteiger partial charge in [0.1, 0.15) is 0 Å². The molecule has 0 bridgehead atoms. The molecule has 0 aliphatic rings. The second kappa shape index (κ2) is 7.63. The number of sulfonamides is 2. The molecule has 0 aliphatic carbocycles. The van der Waals surface area contributed by atoms with Gasteiger partial charge in [-0.05, 0) is 48.5 Å². The van der Waals surface area contributed by atoms with Gasteiger partial charge in [0.2, 0.25) is 20.0 Å². The molecule has 0 unspecified atom stereocenters. The van der Waals surface area contributed by atoms with E-state index in [2.05, 4.69) is 8.25 Å². The number of hydrogen-bond acceptors (Lipinski definition) is 8. The summed E-state index contributed by atoms with van der Waals surface area (Å²) in [7, 11) is -6.33. The third-order valence-corrected chi connectivity index (χ3v) is 8.35. The number of anilines is 2. The van der Waals surface area contributed by atoms with Crippen molar-refractivity contribution in [1.29, 1.82) is 0 Å². The Bertz CT molecular complexity index is 820. The molecule has 0 fully saturated rings. The van der Waals surface area contributed by atoms with E-state index in [0.717, 1.165) is 0 Å². The molecule has 0 aliphatic heterocycles. The maximum Gasteiger partial charge on any atom is 0.250 e. The van der Waals surface area contributed by atoms with Crippen molar-refractivity contribution >= 4 is 53.4 Å². The summed E-state index contributed by atoms with van der Waals surface area (Å²) in [5, 5.41) is 0. The van der Waals surface area contributed by atoms with Gasteiger partial charge in [0.25, 0.3) is 0 Å². The Labute approximate surface area is 148 Å². The molecule has 0 aromatic heterocycles. The van der Waals surface area contributed by atoms with Crippen LogP contribution in [0.1, 0.15) is 0 Å². The molecule has 0 radical (unpaired) electrons. The minimum atomic E-state index is -3.78. The molecule has 24 heavy (non-hydrogen) atoms. The van der Waals surface area contributed by atoms with Crippen LogP contribution < -0.4 is 19.7 Å². The maximum atomic E-state index is 12.0. The summed E-state index contributed by atoms with van der Waals surface area (Å²) in [6, 6.07) is 11.2. The van der Waals surface area contributed by atoms with Gasteiger partial charge < -0.3 is 11.5 Å². The SMILES string of the molecule is Nc1ccc(S(=O)(=O)NSSNS(=O)(=O)c2ccc(N)cc2)cc1. The van der Waals surface area contributed by atoms with Crippen molar-refractivity contribution in [3.8, 4) is 0 Å². The lowest BCUT2D eigenvalue weighted by Gasteiger charge is -2.07. The molecule has 2 aromatic carbocycles. The van der Waals surface area contributed by atoms with Gasteiger partial charge in [-0.2, -0.15) is 0 Å². The van der Waals surface area contributed by atoms with Crippen molar-refractivity contribution in [1.82, 2.24) is 8.25 Å². The number of nitrogen functional groups attached to an aromatic ring is 2. The molecular formula is C12H14N4O4S4.